The molecular formula is C21H30N4O3S. The molecule has 1 saturated heterocycles. The summed E-state index contributed by atoms with van der Waals surface area (Å²) in [6.45, 7) is 7.81. The molecule has 3 rings (SSSR count). The summed E-state index contributed by atoms with van der Waals surface area (Å²) in [5, 5.41) is 5.99. The highest BCUT2D eigenvalue weighted by Crippen LogP contribution is 2.39. The second kappa shape index (κ2) is 10.6. The third-order valence-corrected chi connectivity index (χ3v) is 5.90. The zero-order valence-electron chi connectivity index (χ0n) is 17.4. The number of para-hydroxylation sites is 1. The number of nitrogens with zero attached hydrogens (tertiary/aromatic N) is 3. The Morgan fingerprint density at radius 2 is 1.93 bits per heavy atom. The van der Waals surface area contributed by atoms with E-state index in [0.29, 0.717) is 18.0 Å². The maximum Gasteiger partial charge on any atom is 0.234 e. The van der Waals surface area contributed by atoms with E-state index in [1.54, 1.807) is 25.6 Å². The summed E-state index contributed by atoms with van der Waals surface area (Å²) >= 11 is 1.62. The van der Waals surface area contributed by atoms with Crippen molar-refractivity contribution in [2.75, 3.05) is 53.5 Å². The van der Waals surface area contributed by atoms with E-state index in [1.807, 2.05) is 18.2 Å². The second-order valence-electron chi connectivity index (χ2n) is 7.09. The molecule has 158 valence electrons. The molecule has 0 bridgehead atoms. The number of piperazine rings is 1. The molecule has 29 heavy (non-hydrogen) atoms. The maximum absolute atomic E-state index is 11.9. The molecule has 1 aromatic carbocycles. The molecule has 1 amide bonds. The van der Waals surface area contributed by atoms with E-state index in [4.69, 9.17) is 14.5 Å². The Hall–Kier alpha value is -2.16. The number of ether oxygens (including phenoxy) is 2. The Balaban J connectivity index is 1.55. The summed E-state index contributed by atoms with van der Waals surface area (Å²) in [7, 11) is 3.29. The normalized spacial score (nSPS) is 15.3. The fraction of sp³-hybridized carbons (Fsp3) is 0.524. The van der Waals surface area contributed by atoms with Gasteiger partial charge < -0.3 is 14.8 Å². The second-order valence-corrected chi connectivity index (χ2v) is 7.95. The lowest BCUT2D eigenvalue weighted by atomic mass is 10.2. The number of benzene rings is 1. The standard InChI is InChI=1S/C21H30N4O3S/c1-4-8-22-19(26)14-25-11-9-24(10-12-25)13-16-15-29-21(23-16)17-6-5-7-18(27-2)20(17)28-3/h5-7,15H,4,8-14H2,1-3H3,(H,22,26). The van der Waals surface area contributed by atoms with Crippen LogP contribution in [0, 0.1) is 0 Å². The minimum atomic E-state index is 0.122. The number of hydrogen-bond donors (Lipinski definition) is 1. The van der Waals surface area contributed by atoms with E-state index in [-0.39, 0.29) is 5.91 Å². The molecule has 0 aliphatic carbocycles. The highest BCUT2D eigenvalue weighted by Gasteiger charge is 2.20. The first kappa shape index (κ1) is 21.5. The first-order chi connectivity index (χ1) is 14.1. The van der Waals surface area contributed by atoms with Crippen LogP contribution in [0.1, 0.15) is 19.0 Å². The van der Waals surface area contributed by atoms with Crippen LogP contribution in [-0.2, 0) is 11.3 Å². The molecular weight excluding hydrogens is 388 g/mol. The number of methoxy groups -OCH3 is 2. The van der Waals surface area contributed by atoms with Crippen LogP contribution in [0.4, 0.5) is 0 Å². The Morgan fingerprint density at radius 3 is 2.62 bits per heavy atom. The van der Waals surface area contributed by atoms with Crippen LogP contribution in [0.3, 0.4) is 0 Å². The summed E-state index contributed by atoms with van der Waals surface area (Å²) in [5.41, 5.74) is 2.01. The Labute approximate surface area is 176 Å². The third kappa shape index (κ3) is 5.68. The average Bonchev–Trinajstić information content (AvgIpc) is 3.21. The van der Waals surface area contributed by atoms with Gasteiger partial charge >= 0.3 is 0 Å². The van der Waals surface area contributed by atoms with Crippen molar-refractivity contribution in [2.24, 2.45) is 0 Å². The van der Waals surface area contributed by atoms with Crippen LogP contribution in [0.2, 0.25) is 0 Å². The molecule has 0 radical (unpaired) electrons. The zero-order valence-corrected chi connectivity index (χ0v) is 18.3. The lowest BCUT2D eigenvalue weighted by molar-refractivity contribution is -0.122. The average molecular weight is 419 g/mol. The van der Waals surface area contributed by atoms with Crippen LogP contribution >= 0.6 is 11.3 Å². The number of carbonyl (C=O) groups is 1. The molecule has 0 atom stereocenters. The number of hydrogen-bond acceptors (Lipinski definition) is 7. The van der Waals surface area contributed by atoms with Crippen molar-refractivity contribution < 1.29 is 14.3 Å². The molecule has 1 N–H and O–H groups in total. The fourth-order valence-corrected chi connectivity index (χ4v) is 4.25. The summed E-state index contributed by atoms with van der Waals surface area (Å²) < 4.78 is 10.9. The lowest BCUT2D eigenvalue weighted by Crippen LogP contribution is -2.49. The van der Waals surface area contributed by atoms with Crippen LogP contribution in [0.15, 0.2) is 23.6 Å². The topological polar surface area (TPSA) is 66.9 Å². The molecule has 2 aromatic rings. The van der Waals surface area contributed by atoms with Gasteiger partial charge in [0.2, 0.25) is 5.91 Å². The first-order valence-corrected chi connectivity index (χ1v) is 10.9. The van der Waals surface area contributed by atoms with Crippen LogP contribution < -0.4 is 14.8 Å². The van der Waals surface area contributed by atoms with Crippen molar-refractivity contribution >= 4 is 17.2 Å². The van der Waals surface area contributed by atoms with Crippen molar-refractivity contribution in [1.82, 2.24) is 20.1 Å². The number of thiazole rings is 1. The van der Waals surface area contributed by atoms with Crippen molar-refractivity contribution in [3.05, 3.63) is 29.3 Å². The summed E-state index contributed by atoms with van der Waals surface area (Å²) in [5.74, 6) is 1.54. The molecule has 0 unspecified atom stereocenters. The number of amides is 1. The van der Waals surface area contributed by atoms with Gasteiger partial charge in [0.1, 0.15) is 5.01 Å². The van der Waals surface area contributed by atoms with Gasteiger partial charge in [0.25, 0.3) is 0 Å². The SMILES string of the molecule is CCCNC(=O)CN1CCN(Cc2csc(-c3cccc(OC)c3OC)n2)CC1. The highest BCUT2D eigenvalue weighted by atomic mass is 32.1. The maximum atomic E-state index is 11.9. The third-order valence-electron chi connectivity index (χ3n) is 4.97. The Morgan fingerprint density at radius 1 is 1.17 bits per heavy atom. The van der Waals surface area contributed by atoms with E-state index < -0.39 is 0 Å². The predicted molar refractivity (Wildman–Crippen MR) is 116 cm³/mol. The Kier molecular flexibility index (Phi) is 7.85. The number of aromatic nitrogens is 1. The van der Waals surface area contributed by atoms with E-state index in [1.165, 1.54) is 0 Å². The van der Waals surface area contributed by atoms with Gasteiger partial charge in [-0.25, -0.2) is 4.98 Å². The van der Waals surface area contributed by atoms with Gasteiger partial charge in [0.15, 0.2) is 11.5 Å². The minimum absolute atomic E-state index is 0.122. The smallest absolute Gasteiger partial charge is 0.234 e. The summed E-state index contributed by atoms with van der Waals surface area (Å²) in [4.78, 5) is 21.3. The van der Waals surface area contributed by atoms with Crippen LogP contribution in [0.5, 0.6) is 11.5 Å². The van der Waals surface area contributed by atoms with Gasteiger partial charge in [0.05, 0.1) is 32.0 Å². The zero-order chi connectivity index (χ0) is 20.6. The largest absolute Gasteiger partial charge is 0.493 e. The van der Waals surface area contributed by atoms with Crippen molar-refractivity contribution in [2.45, 2.75) is 19.9 Å². The van der Waals surface area contributed by atoms with Gasteiger partial charge in [-0.3, -0.25) is 14.6 Å². The molecule has 8 heteroatoms. The molecule has 1 fully saturated rings. The lowest BCUT2D eigenvalue weighted by Gasteiger charge is -2.33. The predicted octanol–water partition coefficient (Wildman–Crippen LogP) is 2.47. The van der Waals surface area contributed by atoms with E-state index >= 15 is 0 Å². The summed E-state index contributed by atoms with van der Waals surface area (Å²) in [6, 6.07) is 5.85. The number of nitrogens with one attached hydrogen (secondary N) is 1. The molecule has 1 aromatic heterocycles. The minimum Gasteiger partial charge on any atom is -0.493 e. The fourth-order valence-electron chi connectivity index (χ4n) is 3.42. The molecule has 7 nitrogen and oxygen atoms in total. The quantitative estimate of drug-likeness (QED) is 0.675. The van der Waals surface area contributed by atoms with Gasteiger partial charge in [-0.2, -0.15) is 0 Å². The van der Waals surface area contributed by atoms with Crippen molar-refractivity contribution in [3.63, 3.8) is 0 Å². The van der Waals surface area contributed by atoms with Gasteiger partial charge in [-0.1, -0.05) is 13.0 Å². The first-order valence-electron chi connectivity index (χ1n) is 10.0. The highest BCUT2D eigenvalue weighted by molar-refractivity contribution is 7.13. The van der Waals surface area contributed by atoms with E-state index in [0.717, 1.165) is 62.0 Å². The summed E-state index contributed by atoms with van der Waals surface area (Å²) in [6.07, 6.45) is 0.969. The van der Waals surface area contributed by atoms with Gasteiger partial charge in [-0.05, 0) is 18.6 Å². The van der Waals surface area contributed by atoms with Gasteiger partial charge in [-0.15, -0.1) is 11.3 Å². The van der Waals surface area contributed by atoms with Crippen molar-refractivity contribution in [1.29, 1.82) is 0 Å². The van der Waals surface area contributed by atoms with Gasteiger partial charge in [0, 0.05) is 44.6 Å². The van der Waals surface area contributed by atoms with Crippen LogP contribution in [-0.4, -0.2) is 74.2 Å². The number of rotatable bonds is 9. The number of carbonyl (C=O) groups excluding carboxylic acids is 1. The molecule has 1 aliphatic heterocycles. The van der Waals surface area contributed by atoms with E-state index in [9.17, 15) is 4.79 Å². The molecule has 1 aliphatic rings. The van der Waals surface area contributed by atoms with Crippen LogP contribution in [0.25, 0.3) is 10.6 Å². The monoisotopic (exact) mass is 418 g/mol. The molecule has 0 saturated carbocycles. The Bertz CT molecular complexity index is 803. The molecule has 2 heterocycles. The van der Waals surface area contributed by atoms with E-state index in [2.05, 4.69) is 27.4 Å². The van der Waals surface area contributed by atoms with Crippen molar-refractivity contribution in [3.8, 4) is 22.1 Å². The molecule has 0 spiro atoms.